The van der Waals surface area contributed by atoms with Crippen molar-refractivity contribution < 1.29 is 19.4 Å². The number of amides is 3. The minimum absolute atomic E-state index is 0.191. The molecule has 1 aromatic heterocycles. The molecule has 0 aliphatic carbocycles. The van der Waals surface area contributed by atoms with Gasteiger partial charge in [0.2, 0.25) is 5.91 Å². The SMILES string of the molecule is COc1ccc(CN2C(=O)CCN(c3cncc(C(C)(C)O)c3)C2=O)cc1. The third-order valence-electron chi connectivity index (χ3n) is 4.55. The first-order valence-electron chi connectivity index (χ1n) is 8.72. The van der Waals surface area contributed by atoms with Gasteiger partial charge in [-0.2, -0.15) is 0 Å². The summed E-state index contributed by atoms with van der Waals surface area (Å²) >= 11 is 0. The maximum absolute atomic E-state index is 12.9. The molecule has 0 bridgehead atoms. The summed E-state index contributed by atoms with van der Waals surface area (Å²) in [6.07, 6.45) is 3.36. The highest BCUT2D eigenvalue weighted by Crippen LogP contribution is 2.26. The summed E-state index contributed by atoms with van der Waals surface area (Å²) in [4.78, 5) is 32.2. The van der Waals surface area contributed by atoms with Crippen LogP contribution >= 0.6 is 0 Å². The molecular weight excluding hydrogens is 346 g/mol. The average molecular weight is 369 g/mol. The Hall–Kier alpha value is -2.93. The largest absolute Gasteiger partial charge is 0.497 e. The summed E-state index contributed by atoms with van der Waals surface area (Å²) in [5.41, 5.74) is 0.932. The number of imide groups is 1. The van der Waals surface area contributed by atoms with E-state index in [1.807, 2.05) is 12.1 Å². The fourth-order valence-electron chi connectivity index (χ4n) is 2.91. The minimum atomic E-state index is -1.07. The molecule has 1 N–H and O–H groups in total. The summed E-state index contributed by atoms with van der Waals surface area (Å²) in [5.74, 6) is 0.504. The number of pyridine rings is 1. The van der Waals surface area contributed by atoms with Crippen molar-refractivity contribution in [3.05, 3.63) is 53.9 Å². The molecule has 0 saturated carbocycles. The van der Waals surface area contributed by atoms with Gasteiger partial charge in [0.25, 0.3) is 0 Å². The highest BCUT2D eigenvalue weighted by molar-refractivity contribution is 6.05. The van der Waals surface area contributed by atoms with Crippen LogP contribution in [-0.2, 0) is 16.9 Å². The Morgan fingerprint density at radius 2 is 1.89 bits per heavy atom. The van der Waals surface area contributed by atoms with E-state index in [2.05, 4.69) is 4.98 Å². The molecule has 1 aliphatic rings. The van der Waals surface area contributed by atoms with Gasteiger partial charge in [0.05, 0.1) is 31.1 Å². The number of anilines is 1. The second-order valence-electron chi connectivity index (χ2n) is 7.00. The number of ether oxygens (including phenoxy) is 1. The standard InChI is InChI=1S/C20H23N3O4/c1-20(2,26)15-10-16(12-21-11-15)22-9-8-18(24)23(19(22)25)13-14-4-6-17(27-3)7-5-14/h4-7,10-12,26H,8-9,13H2,1-3H3. The third-order valence-corrected chi connectivity index (χ3v) is 4.55. The Labute approximate surface area is 158 Å². The molecule has 27 heavy (non-hydrogen) atoms. The highest BCUT2D eigenvalue weighted by Gasteiger charge is 2.33. The Bertz CT molecular complexity index is 843. The lowest BCUT2D eigenvalue weighted by atomic mass is 10.00. The summed E-state index contributed by atoms with van der Waals surface area (Å²) in [6, 6.07) is 8.58. The van der Waals surface area contributed by atoms with Gasteiger partial charge in [0, 0.05) is 24.7 Å². The second-order valence-corrected chi connectivity index (χ2v) is 7.00. The van der Waals surface area contributed by atoms with Gasteiger partial charge in [-0.1, -0.05) is 12.1 Å². The van der Waals surface area contributed by atoms with Crippen LogP contribution in [0.1, 0.15) is 31.4 Å². The molecule has 1 aromatic carbocycles. The number of benzene rings is 1. The molecule has 142 valence electrons. The highest BCUT2D eigenvalue weighted by atomic mass is 16.5. The van der Waals surface area contributed by atoms with Crippen LogP contribution in [0.15, 0.2) is 42.7 Å². The fraction of sp³-hybridized carbons (Fsp3) is 0.350. The number of rotatable bonds is 5. The van der Waals surface area contributed by atoms with E-state index in [-0.39, 0.29) is 25.4 Å². The lowest BCUT2D eigenvalue weighted by Crippen LogP contribution is -2.52. The Morgan fingerprint density at radius 1 is 1.19 bits per heavy atom. The van der Waals surface area contributed by atoms with Crippen molar-refractivity contribution in [2.45, 2.75) is 32.4 Å². The first-order chi connectivity index (χ1) is 12.8. The summed E-state index contributed by atoms with van der Waals surface area (Å²) in [7, 11) is 1.58. The summed E-state index contributed by atoms with van der Waals surface area (Å²) < 4.78 is 5.13. The number of methoxy groups -OCH3 is 1. The van der Waals surface area contributed by atoms with Crippen molar-refractivity contribution in [3.8, 4) is 5.75 Å². The molecular formula is C20H23N3O4. The predicted octanol–water partition coefficient (Wildman–Crippen LogP) is 2.68. The number of hydrogen-bond acceptors (Lipinski definition) is 5. The first-order valence-corrected chi connectivity index (χ1v) is 8.72. The molecule has 2 aromatic rings. The van der Waals surface area contributed by atoms with Crippen molar-refractivity contribution in [2.75, 3.05) is 18.6 Å². The zero-order valence-corrected chi connectivity index (χ0v) is 15.7. The molecule has 1 saturated heterocycles. The van der Waals surface area contributed by atoms with Crippen LogP contribution in [0.5, 0.6) is 5.75 Å². The van der Waals surface area contributed by atoms with Gasteiger partial charge < -0.3 is 9.84 Å². The van der Waals surface area contributed by atoms with Gasteiger partial charge in [-0.25, -0.2) is 4.79 Å². The van der Waals surface area contributed by atoms with Crippen LogP contribution in [0, 0.1) is 0 Å². The molecule has 3 rings (SSSR count). The number of aliphatic hydroxyl groups is 1. The molecule has 2 heterocycles. The van der Waals surface area contributed by atoms with Crippen molar-refractivity contribution >= 4 is 17.6 Å². The van der Waals surface area contributed by atoms with E-state index in [4.69, 9.17) is 4.74 Å². The van der Waals surface area contributed by atoms with Crippen LogP contribution in [0.4, 0.5) is 10.5 Å². The van der Waals surface area contributed by atoms with Crippen LogP contribution in [0.25, 0.3) is 0 Å². The fourth-order valence-corrected chi connectivity index (χ4v) is 2.91. The lowest BCUT2D eigenvalue weighted by molar-refractivity contribution is -0.129. The van der Waals surface area contributed by atoms with E-state index in [0.717, 1.165) is 5.56 Å². The van der Waals surface area contributed by atoms with Gasteiger partial charge in [0.1, 0.15) is 5.75 Å². The van der Waals surface area contributed by atoms with Gasteiger partial charge in [-0.15, -0.1) is 0 Å². The number of carbonyl (C=O) groups excluding carboxylic acids is 2. The van der Waals surface area contributed by atoms with Gasteiger partial charge in [0.15, 0.2) is 0 Å². The minimum Gasteiger partial charge on any atom is -0.497 e. The quantitative estimate of drug-likeness (QED) is 0.876. The van der Waals surface area contributed by atoms with Crippen molar-refractivity contribution in [3.63, 3.8) is 0 Å². The maximum Gasteiger partial charge on any atom is 0.331 e. The van der Waals surface area contributed by atoms with E-state index in [9.17, 15) is 14.7 Å². The molecule has 7 nitrogen and oxygen atoms in total. The van der Waals surface area contributed by atoms with Crippen LogP contribution in [0.3, 0.4) is 0 Å². The zero-order chi connectivity index (χ0) is 19.6. The number of aromatic nitrogens is 1. The van der Waals surface area contributed by atoms with E-state index in [1.165, 1.54) is 9.80 Å². The Balaban J connectivity index is 1.83. The molecule has 3 amide bonds. The van der Waals surface area contributed by atoms with Crippen LogP contribution < -0.4 is 9.64 Å². The molecule has 1 aliphatic heterocycles. The van der Waals surface area contributed by atoms with Crippen molar-refractivity contribution in [1.29, 1.82) is 0 Å². The van der Waals surface area contributed by atoms with E-state index in [1.54, 1.807) is 51.6 Å². The predicted molar refractivity (Wildman–Crippen MR) is 100 cm³/mol. The smallest absolute Gasteiger partial charge is 0.331 e. The van der Waals surface area contributed by atoms with Gasteiger partial charge in [-0.3, -0.25) is 19.6 Å². The number of carbonyl (C=O) groups is 2. The van der Waals surface area contributed by atoms with Gasteiger partial charge in [-0.05, 0) is 37.6 Å². The van der Waals surface area contributed by atoms with Crippen LogP contribution in [0.2, 0.25) is 0 Å². The monoisotopic (exact) mass is 369 g/mol. The van der Waals surface area contributed by atoms with Crippen LogP contribution in [-0.4, -0.2) is 40.6 Å². The maximum atomic E-state index is 12.9. The molecule has 0 unspecified atom stereocenters. The van der Waals surface area contributed by atoms with Gasteiger partial charge >= 0.3 is 6.03 Å². The molecule has 0 spiro atoms. The Morgan fingerprint density at radius 3 is 2.52 bits per heavy atom. The Kier molecular flexibility index (Phi) is 5.14. The summed E-state index contributed by atoms with van der Waals surface area (Å²) in [6.45, 7) is 3.79. The summed E-state index contributed by atoms with van der Waals surface area (Å²) in [5, 5.41) is 10.2. The normalized spacial score (nSPS) is 15.3. The van der Waals surface area contributed by atoms with Crippen molar-refractivity contribution in [2.24, 2.45) is 0 Å². The number of nitrogens with zero attached hydrogens (tertiary/aromatic N) is 3. The second kappa shape index (κ2) is 7.36. The molecule has 7 heteroatoms. The van der Waals surface area contributed by atoms with E-state index < -0.39 is 11.6 Å². The lowest BCUT2D eigenvalue weighted by Gasteiger charge is -2.34. The number of hydrogen-bond donors (Lipinski definition) is 1. The zero-order valence-electron chi connectivity index (χ0n) is 15.7. The first kappa shape index (κ1) is 18.8. The van der Waals surface area contributed by atoms with E-state index in [0.29, 0.717) is 17.0 Å². The topological polar surface area (TPSA) is 83.0 Å². The molecule has 0 atom stereocenters. The van der Waals surface area contributed by atoms with Crippen molar-refractivity contribution in [1.82, 2.24) is 9.88 Å². The number of urea groups is 1. The molecule has 1 fully saturated rings. The van der Waals surface area contributed by atoms with E-state index >= 15 is 0 Å². The third kappa shape index (κ3) is 4.09. The molecule has 0 radical (unpaired) electrons. The average Bonchev–Trinajstić information content (AvgIpc) is 2.65.